The quantitative estimate of drug-likeness (QED) is 0.352. The fourth-order valence-corrected chi connectivity index (χ4v) is 3.05. The van der Waals surface area contributed by atoms with Crippen molar-refractivity contribution in [2.75, 3.05) is 39.3 Å². The number of anilines is 1. The summed E-state index contributed by atoms with van der Waals surface area (Å²) in [4.78, 5) is 10.8. The molecule has 10 heteroatoms. The number of guanidine groups is 1. The van der Waals surface area contributed by atoms with Gasteiger partial charge in [0.25, 0.3) is 0 Å². The smallest absolute Gasteiger partial charge is 0.223 e. The zero-order valence-corrected chi connectivity index (χ0v) is 18.9. The van der Waals surface area contributed by atoms with Crippen LogP contribution in [0.5, 0.6) is 11.5 Å². The lowest BCUT2D eigenvalue weighted by Gasteiger charge is -2.21. The average Bonchev–Trinajstić information content (AvgIpc) is 3.33. The van der Waals surface area contributed by atoms with Crippen LogP contribution >= 0.6 is 24.0 Å². The maximum Gasteiger partial charge on any atom is 0.223 e. The maximum atomic E-state index is 5.37. The summed E-state index contributed by atoms with van der Waals surface area (Å²) in [7, 11) is 5.07. The van der Waals surface area contributed by atoms with Crippen molar-refractivity contribution in [1.29, 1.82) is 0 Å². The van der Waals surface area contributed by atoms with E-state index in [-0.39, 0.29) is 30.0 Å². The van der Waals surface area contributed by atoms with E-state index in [1.807, 2.05) is 18.2 Å². The first-order valence-electron chi connectivity index (χ1n) is 8.85. The van der Waals surface area contributed by atoms with E-state index >= 15 is 0 Å². The molecule has 2 heterocycles. The Morgan fingerprint density at radius 2 is 2.00 bits per heavy atom. The second-order valence-electron chi connectivity index (χ2n) is 6.30. The first kappa shape index (κ1) is 22.1. The van der Waals surface area contributed by atoms with Crippen molar-refractivity contribution in [3.63, 3.8) is 0 Å². The van der Waals surface area contributed by atoms with Crippen LogP contribution < -0.4 is 25.0 Å². The molecule has 2 aromatic rings. The van der Waals surface area contributed by atoms with Crippen molar-refractivity contribution < 1.29 is 14.0 Å². The van der Waals surface area contributed by atoms with Gasteiger partial charge in [-0.1, -0.05) is 5.16 Å². The molecule has 0 radical (unpaired) electrons. The van der Waals surface area contributed by atoms with Crippen molar-refractivity contribution in [2.45, 2.75) is 25.9 Å². The summed E-state index contributed by atoms with van der Waals surface area (Å²) in [5, 5.41) is 10.5. The second-order valence-corrected chi connectivity index (χ2v) is 6.30. The molecule has 28 heavy (non-hydrogen) atoms. The molecule has 0 aliphatic carbocycles. The van der Waals surface area contributed by atoms with Crippen LogP contribution in [0.25, 0.3) is 0 Å². The summed E-state index contributed by atoms with van der Waals surface area (Å²) >= 11 is 0. The number of ether oxygens (including phenoxy) is 2. The third kappa shape index (κ3) is 5.63. The van der Waals surface area contributed by atoms with Crippen molar-refractivity contribution in [1.82, 2.24) is 20.8 Å². The van der Waals surface area contributed by atoms with Crippen molar-refractivity contribution in [2.24, 2.45) is 4.99 Å². The molecule has 0 spiro atoms. The largest absolute Gasteiger partial charge is 0.497 e. The fourth-order valence-electron chi connectivity index (χ4n) is 3.05. The molecular weight excluding hydrogens is 475 g/mol. The molecule has 3 rings (SSSR count). The summed E-state index contributed by atoms with van der Waals surface area (Å²) in [6, 6.07) is 6.20. The molecular formula is C18H27IN6O3. The van der Waals surface area contributed by atoms with Gasteiger partial charge in [-0.15, -0.1) is 24.0 Å². The molecule has 1 saturated heterocycles. The van der Waals surface area contributed by atoms with Crippen LogP contribution in [-0.4, -0.2) is 56.5 Å². The minimum atomic E-state index is 0. The first-order valence-corrected chi connectivity index (χ1v) is 8.85. The number of rotatable bonds is 6. The van der Waals surface area contributed by atoms with Crippen LogP contribution in [0.15, 0.2) is 27.7 Å². The average molecular weight is 502 g/mol. The van der Waals surface area contributed by atoms with Gasteiger partial charge in [0.15, 0.2) is 11.8 Å². The Hall–Kier alpha value is -2.24. The SMILES string of the molecule is CN=C(NCc1noc(C)n1)NC1CCN(c2cc(OC)cc(OC)c2)C1.I. The van der Waals surface area contributed by atoms with E-state index in [1.165, 1.54) is 0 Å². The number of halogens is 1. The van der Waals surface area contributed by atoms with Gasteiger partial charge in [0, 0.05) is 57.0 Å². The van der Waals surface area contributed by atoms with Gasteiger partial charge in [0.1, 0.15) is 11.5 Å². The Kier molecular flexibility index (Phi) is 8.15. The van der Waals surface area contributed by atoms with Gasteiger partial charge in [-0.05, 0) is 6.42 Å². The minimum Gasteiger partial charge on any atom is -0.497 e. The molecule has 1 aliphatic heterocycles. The molecule has 1 aliphatic rings. The zero-order chi connectivity index (χ0) is 19.2. The highest BCUT2D eigenvalue weighted by Crippen LogP contribution is 2.30. The van der Waals surface area contributed by atoms with Crippen LogP contribution in [0, 0.1) is 6.92 Å². The van der Waals surface area contributed by atoms with Crippen LogP contribution in [-0.2, 0) is 6.54 Å². The Bertz CT molecular complexity index is 775. The summed E-state index contributed by atoms with van der Waals surface area (Å²) in [5.41, 5.74) is 1.08. The number of methoxy groups -OCH3 is 2. The number of nitrogens with one attached hydrogen (secondary N) is 2. The van der Waals surface area contributed by atoms with E-state index < -0.39 is 0 Å². The van der Waals surface area contributed by atoms with Crippen LogP contribution in [0.3, 0.4) is 0 Å². The third-order valence-corrected chi connectivity index (χ3v) is 4.44. The standard InChI is InChI=1S/C18H26N6O3.HI/c1-12-21-17(23-27-12)10-20-18(19-2)22-13-5-6-24(11-13)14-7-15(25-3)9-16(8-14)26-4;/h7-9,13H,5-6,10-11H2,1-4H3,(H2,19,20,22);1H. The van der Waals surface area contributed by atoms with Crippen LogP contribution in [0.4, 0.5) is 5.69 Å². The Balaban J connectivity index is 0.00000280. The van der Waals surface area contributed by atoms with Gasteiger partial charge in [-0.25, -0.2) is 0 Å². The summed E-state index contributed by atoms with van der Waals surface area (Å²) in [5.74, 6) is 3.44. The van der Waals surface area contributed by atoms with E-state index in [0.717, 1.165) is 36.7 Å². The summed E-state index contributed by atoms with van der Waals surface area (Å²) in [6.07, 6.45) is 1.00. The highest BCUT2D eigenvalue weighted by Gasteiger charge is 2.24. The van der Waals surface area contributed by atoms with Gasteiger partial charge >= 0.3 is 0 Å². The number of aromatic nitrogens is 2. The van der Waals surface area contributed by atoms with E-state index in [9.17, 15) is 0 Å². The van der Waals surface area contributed by atoms with Crippen LogP contribution in [0.2, 0.25) is 0 Å². The molecule has 0 saturated carbocycles. The predicted molar refractivity (Wildman–Crippen MR) is 118 cm³/mol. The Morgan fingerprint density at radius 3 is 2.57 bits per heavy atom. The predicted octanol–water partition coefficient (Wildman–Crippen LogP) is 1.96. The number of aliphatic imine (C=N–C) groups is 1. The molecule has 0 bridgehead atoms. The molecule has 1 aromatic heterocycles. The van der Waals surface area contributed by atoms with E-state index in [4.69, 9.17) is 14.0 Å². The number of hydrogen-bond acceptors (Lipinski definition) is 7. The van der Waals surface area contributed by atoms with Gasteiger partial charge in [-0.2, -0.15) is 4.98 Å². The molecule has 154 valence electrons. The monoisotopic (exact) mass is 502 g/mol. The number of hydrogen-bond donors (Lipinski definition) is 2. The van der Waals surface area contributed by atoms with Gasteiger partial charge in [0.2, 0.25) is 5.89 Å². The van der Waals surface area contributed by atoms with E-state index in [2.05, 4.69) is 30.7 Å². The Morgan fingerprint density at radius 1 is 1.29 bits per heavy atom. The zero-order valence-electron chi connectivity index (χ0n) is 16.6. The minimum absolute atomic E-state index is 0. The normalized spacial score (nSPS) is 16.5. The highest BCUT2D eigenvalue weighted by molar-refractivity contribution is 14.0. The summed E-state index contributed by atoms with van der Waals surface area (Å²) < 4.78 is 15.7. The fraction of sp³-hybridized carbons (Fsp3) is 0.500. The molecule has 1 fully saturated rings. The number of aryl methyl sites for hydroxylation is 1. The highest BCUT2D eigenvalue weighted by atomic mass is 127. The lowest BCUT2D eigenvalue weighted by molar-refractivity contribution is 0.386. The van der Waals surface area contributed by atoms with Crippen molar-refractivity contribution in [3.8, 4) is 11.5 Å². The maximum absolute atomic E-state index is 5.37. The van der Waals surface area contributed by atoms with Gasteiger partial charge in [0.05, 0.1) is 20.8 Å². The van der Waals surface area contributed by atoms with Gasteiger partial charge < -0.3 is 29.5 Å². The molecule has 1 atom stereocenters. The summed E-state index contributed by atoms with van der Waals surface area (Å²) in [6.45, 7) is 4.03. The molecule has 0 amide bonds. The number of benzene rings is 1. The van der Waals surface area contributed by atoms with E-state index in [1.54, 1.807) is 28.2 Å². The lowest BCUT2D eigenvalue weighted by Crippen LogP contribution is -2.44. The topological polar surface area (TPSA) is 97.0 Å². The number of nitrogens with zero attached hydrogens (tertiary/aromatic N) is 4. The second kappa shape index (κ2) is 10.3. The molecule has 2 N–H and O–H groups in total. The lowest BCUT2D eigenvalue weighted by atomic mass is 10.2. The Labute approximate surface area is 181 Å². The van der Waals surface area contributed by atoms with Gasteiger partial charge in [-0.3, -0.25) is 4.99 Å². The molecule has 9 nitrogen and oxygen atoms in total. The van der Waals surface area contributed by atoms with Crippen LogP contribution in [0.1, 0.15) is 18.1 Å². The molecule has 1 unspecified atom stereocenters. The molecule has 1 aromatic carbocycles. The van der Waals surface area contributed by atoms with Crippen molar-refractivity contribution >= 4 is 35.6 Å². The van der Waals surface area contributed by atoms with Crippen molar-refractivity contribution in [3.05, 3.63) is 29.9 Å². The first-order chi connectivity index (χ1) is 13.1. The third-order valence-electron chi connectivity index (χ3n) is 4.44. The van der Waals surface area contributed by atoms with E-state index in [0.29, 0.717) is 24.2 Å².